The Bertz CT molecular complexity index is 527. The molecule has 0 radical (unpaired) electrons. The number of halogens is 2. The minimum Gasteiger partial charge on any atom is -0.375 e. The third kappa shape index (κ3) is 3.21. The van der Waals surface area contributed by atoms with Gasteiger partial charge in [0.05, 0.1) is 15.5 Å². The molecule has 0 spiro atoms. The van der Waals surface area contributed by atoms with Gasteiger partial charge in [0.2, 0.25) is 0 Å². The first kappa shape index (κ1) is 12.9. The van der Waals surface area contributed by atoms with Crippen molar-refractivity contribution in [3.8, 4) is 0 Å². The highest BCUT2D eigenvalue weighted by atomic mass is 79.9. The summed E-state index contributed by atoms with van der Waals surface area (Å²) in [5.74, 6) is 0. The van der Waals surface area contributed by atoms with Crippen LogP contribution < -0.4 is 5.32 Å². The fraction of sp³-hybridized carbons (Fsp3) is 0.250. The smallest absolute Gasteiger partial charge is 0.152 e. The summed E-state index contributed by atoms with van der Waals surface area (Å²) >= 11 is 11.2. The average molecular weight is 332 g/mol. The molecule has 2 rings (SSSR count). The Hall–Kier alpha value is -0.580. The van der Waals surface area contributed by atoms with Crippen LogP contribution in [0.3, 0.4) is 0 Å². The van der Waals surface area contributed by atoms with E-state index in [2.05, 4.69) is 39.2 Å². The summed E-state index contributed by atoms with van der Waals surface area (Å²) in [4.78, 5) is 5.39. The molecule has 0 aromatic carbocycles. The lowest BCUT2D eigenvalue weighted by Gasteiger charge is -2.14. The molecule has 17 heavy (non-hydrogen) atoms. The van der Waals surface area contributed by atoms with E-state index in [4.69, 9.17) is 11.6 Å². The molecule has 2 nitrogen and oxygen atoms in total. The zero-order valence-electron chi connectivity index (χ0n) is 9.50. The Morgan fingerprint density at radius 3 is 2.88 bits per heavy atom. The minimum absolute atomic E-state index is 0.215. The molecule has 1 unspecified atom stereocenters. The summed E-state index contributed by atoms with van der Waals surface area (Å²) in [6, 6.07) is 6.37. The molecule has 0 aliphatic rings. The lowest BCUT2D eigenvalue weighted by molar-refractivity contribution is 0.905. The van der Waals surface area contributed by atoms with E-state index in [-0.39, 0.29) is 6.04 Å². The topological polar surface area (TPSA) is 24.9 Å². The van der Waals surface area contributed by atoms with Crippen LogP contribution in [0.5, 0.6) is 0 Å². The van der Waals surface area contributed by atoms with Crippen LogP contribution >= 0.6 is 38.9 Å². The molecule has 0 bridgehead atoms. The van der Waals surface area contributed by atoms with Crippen molar-refractivity contribution in [3.63, 3.8) is 0 Å². The molecule has 0 aliphatic carbocycles. The second-order valence-electron chi connectivity index (χ2n) is 3.86. The van der Waals surface area contributed by atoms with E-state index in [1.165, 1.54) is 4.88 Å². The summed E-state index contributed by atoms with van der Waals surface area (Å²) in [5, 5.41) is 3.89. The molecular formula is C12H12BrClN2S. The summed E-state index contributed by atoms with van der Waals surface area (Å²) in [6.45, 7) is 4.11. The molecule has 2 aromatic rings. The number of thiophene rings is 1. The predicted molar refractivity (Wildman–Crippen MR) is 78.0 cm³/mol. The summed E-state index contributed by atoms with van der Waals surface area (Å²) in [7, 11) is 0. The van der Waals surface area contributed by atoms with Crippen LogP contribution in [-0.2, 0) is 0 Å². The molecule has 5 heteroatoms. The molecular weight excluding hydrogens is 320 g/mol. The maximum Gasteiger partial charge on any atom is 0.152 e. The number of nitrogens with one attached hydrogen (secondary N) is 1. The minimum atomic E-state index is 0.215. The van der Waals surface area contributed by atoms with Crippen molar-refractivity contribution in [1.82, 2.24) is 4.98 Å². The van der Waals surface area contributed by atoms with Gasteiger partial charge in [0, 0.05) is 11.1 Å². The van der Waals surface area contributed by atoms with Crippen LogP contribution in [0, 0.1) is 6.92 Å². The molecule has 2 heterocycles. The number of hydrogen-bond acceptors (Lipinski definition) is 3. The predicted octanol–water partition coefficient (Wildman–Crippen LogP) is 5.04. The Morgan fingerprint density at radius 1 is 1.47 bits per heavy atom. The first-order valence-electron chi connectivity index (χ1n) is 5.20. The zero-order chi connectivity index (χ0) is 12.4. The highest BCUT2D eigenvalue weighted by Gasteiger charge is 2.10. The van der Waals surface area contributed by atoms with Gasteiger partial charge in [-0.2, -0.15) is 0 Å². The number of aryl methyl sites for hydroxylation is 1. The van der Waals surface area contributed by atoms with Crippen molar-refractivity contribution < 1.29 is 0 Å². The van der Waals surface area contributed by atoms with E-state index in [1.807, 2.05) is 19.1 Å². The Balaban J connectivity index is 2.18. The molecule has 0 aliphatic heterocycles. The van der Waals surface area contributed by atoms with Crippen LogP contribution in [-0.4, -0.2) is 4.98 Å². The fourth-order valence-corrected chi connectivity index (χ4v) is 3.10. The van der Waals surface area contributed by atoms with Crippen molar-refractivity contribution >= 4 is 44.6 Å². The van der Waals surface area contributed by atoms with Crippen molar-refractivity contribution in [1.29, 1.82) is 0 Å². The number of aromatic nitrogens is 1. The van der Waals surface area contributed by atoms with Gasteiger partial charge in [-0.05, 0) is 53.5 Å². The van der Waals surface area contributed by atoms with Crippen molar-refractivity contribution in [2.75, 3.05) is 5.32 Å². The van der Waals surface area contributed by atoms with Crippen molar-refractivity contribution in [2.45, 2.75) is 19.9 Å². The molecule has 0 saturated carbocycles. The van der Waals surface area contributed by atoms with Gasteiger partial charge in [0.25, 0.3) is 0 Å². The molecule has 0 amide bonds. The van der Waals surface area contributed by atoms with Gasteiger partial charge in [-0.1, -0.05) is 11.6 Å². The van der Waals surface area contributed by atoms with Gasteiger partial charge < -0.3 is 5.32 Å². The van der Waals surface area contributed by atoms with E-state index in [0.29, 0.717) is 5.15 Å². The Kier molecular flexibility index (Phi) is 4.07. The van der Waals surface area contributed by atoms with E-state index >= 15 is 0 Å². The lowest BCUT2D eigenvalue weighted by Crippen LogP contribution is -2.06. The largest absolute Gasteiger partial charge is 0.375 e. The Morgan fingerprint density at radius 2 is 2.24 bits per heavy atom. The van der Waals surface area contributed by atoms with Gasteiger partial charge in [-0.15, -0.1) is 11.3 Å². The zero-order valence-corrected chi connectivity index (χ0v) is 12.7. The van der Waals surface area contributed by atoms with Crippen LogP contribution in [0.1, 0.15) is 23.4 Å². The molecule has 2 aromatic heterocycles. The lowest BCUT2D eigenvalue weighted by atomic mass is 10.2. The highest BCUT2D eigenvalue weighted by Crippen LogP contribution is 2.31. The number of rotatable bonds is 3. The summed E-state index contributed by atoms with van der Waals surface area (Å²) < 4.78 is 1.13. The van der Waals surface area contributed by atoms with Crippen LogP contribution in [0.4, 0.5) is 5.69 Å². The maximum atomic E-state index is 6.05. The quantitative estimate of drug-likeness (QED) is 0.797. The molecule has 0 saturated heterocycles. The van der Waals surface area contributed by atoms with Crippen LogP contribution in [0.2, 0.25) is 5.15 Å². The van der Waals surface area contributed by atoms with E-state index in [0.717, 1.165) is 15.0 Å². The first-order valence-corrected chi connectivity index (χ1v) is 7.19. The normalized spacial score (nSPS) is 12.5. The van der Waals surface area contributed by atoms with Gasteiger partial charge in [-0.3, -0.25) is 0 Å². The van der Waals surface area contributed by atoms with Crippen LogP contribution in [0.15, 0.2) is 28.2 Å². The van der Waals surface area contributed by atoms with Crippen molar-refractivity contribution in [3.05, 3.63) is 43.8 Å². The molecule has 0 fully saturated rings. The number of anilines is 1. The van der Waals surface area contributed by atoms with Crippen LogP contribution in [0.25, 0.3) is 0 Å². The second kappa shape index (κ2) is 5.38. The van der Waals surface area contributed by atoms with E-state index < -0.39 is 0 Å². The molecule has 90 valence electrons. The van der Waals surface area contributed by atoms with Gasteiger partial charge >= 0.3 is 0 Å². The maximum absolute atomic E-state index is 6.05. The standard InChI is InChI=1S/C12H12BrClN2S/c1-7-5-9(12(14)15-6-7)16-8(2)10-3-4-11(13)17-10/h3-6,8,16H,1-2H3. The summed E-state index contributed by atoms with van der Waals surface area (Å²) in [6.07, 6.45) is 1.76. The average Bonchev–Trinajstić information content (AvgIpc) is 2.70. The van der Waals surface area contributed by atoms with Gasteiger partial charge in [0.15, 0.2) is 5.15 Å². The second-order valence-corrected chi connectivity index (χ2v) is 6.71. The third-order valence-electron chi connectivity index (χ3n) is 2.37. The van der Waals surface area contributed by atoms with Gasteiger partial charge in [0.1, 0.15) is 0 Å². The molecule has 1 atom stereocenters. The fourth-order valence-electron chi connectivity index (χ4n) is 1.52. The van der Waals surface area contributed by atoms with E-state index in [9.17, 15) is 0 Å². The Labute approximate surface area is 118 Å². The first-order chi connectivity index (χ1) is 8.06. The number of nitrogens with zero attached hydrogens (tertiary/aromatic N) is 1. The highest BCUT2D eigenvalue weighted by molar-refractivity contribution is 9.11. The molecule has 1 N–H and O–H groups in total. The SMILES string of the molecule is Cc1cnc(Cl)c(NC(C)c2ccc(Br)s2)c1. The van der Waals surface area contributed by atoms with Gasteiger partial charge in [-0.25, -0.2) is 4.98 Å². The summed E-state index contributed by atoms with van der Waals surface area (Å²) in [5.41, 5.74) is 1.97. The third-order valence-corrected chi connectivity index (χ3v) is 4.48. The van der Waals surface area contributed by atoms with E-state index in [1.54, 1.807) is 17.5 Å². The van der Waals surface area contributed by atoms with Crippen molar-refractivity contribution in [2.24, 2.45) is 0 Å². The number of hydrogen-bond donors (Lipinski definition) is 1. The monoisotopic (exact) mass is 330 g/mol. The number of pyridine rings is 1.